The molecule has 3 aliphatic rings. The quantitative estimate of drug-likeness (QED) is 0.787. The van der Waals surface area contributed by atoms with Gasteiger partial charge in [-0.3, -0.25) is 4.79 Å². The third-order valence-electron chi connectivity index (χ3n) is 4.89. The first-order valence-corrected chi connectivity index (χ1v) is 8.15. The Morgan fingerprint density at radius 1 is 1.30 bits per heavy atom. The van der Waals surface area contributed by atoms with Crippen LogP contribution < -0.4 is 4.90 Å². The van der Waals surface area contributed by atoms with E-state index in [1.165, 1.54) is 11.1 Å². The molecule has 1 saturated carbocycles. The summed E-state index contributed by atoms with van der Waals surface area (Å²) in [6.07, 6.45) is 3.90. The predicted molar refractivity (Wildman–Crippen MR) is 81.1 cm³/mol. The van der Waals surface area contributed by atoms with Crippen LogP contribution in [0.15, 0.2) is 16.6 Å². The average Bonchev–Trinajstić information content (AvgIpc) is 3.16. The van der Waals surface area contributed by atoms with Crippen LogP contribution in [0.3, 0.4) is 0 Å². The van der Waals surface area contributed by atoms with Crippen LogP contribution in [-0.4, -0.2) is 25.2 Å². The molecule has 1 aromatic rings. The van der Waals surface area contributed by atoms with E-state index in [9.17, 15) is 4.79 Å². The summed E-state index contributed by atoms with van der Waals surface area (Å²) < 4.78 is 6.55. The van der Waals surface area contributed by atoms with Crippen molar-refractivity contribution >= 4 is 27.5 Å². The molecule has 20 heavy (non-hydrogen) atoms. The monoisotopic (exact) mass is 335 g/mol. The van der Waals surface area contributed by atoms with Gasteiger partial charge in [-0.05, 0) is 50.3 Å². The molecule has 0 radical (unpaired) electrons. The third-order valence-corrected chi connectivity index (χ3v) is 5.51. The Morgan fingerprint density at radius 3 is 2.65 bits per heavy atom. The molecule has 4 rings (SSSR count). The Morgan fingerprint density at radius 2 is 2.00 bits per heavy atom. The third kappa shape index (κ3) is 1.64. The molecule has 1 saturated heterocycles. The highest BCUT2D eigenvalue weighted by Gasteiger charge is 2.61. The van der Waals surface area contributed by atoms with E-state index >= 15 is 0 Å². The molecule has 2 aliphatic heterocycles. The molecule has 0 unspecified atom stereocenters. The summed E-state index contributed by atoms with van der Waals surface area (Å²) in [5, 5.41) is 0. The standard InChI is InChI=1S/C16H18BrNO2/c1-10-8-12(17)14-13(9-10)18(11-2-6-20-7-3-11)15(19)16(14)4-5-16/h8-9,11H,2-7H2,1H3. The number of fused-ring (bicyclic) bond motifs is 2. The van der Waals surface area contributed by atoms with E-state index < -0.39 is 0 Å². The molecule has 2 heterocycles. The first-order chi connectivity index (χ1) is 9.63. The van der Waals surface area contributed by atoms with E-state index in [1.807, 2.05) is 0 Å². The summed E-state index contributed by atoms with van der Waals surface area (Å²) in [6.45, 7) is 3.63. The van der Waals surface area contributed by atoms with Crippen LogP contribution in [0.25, 0.3) is 0 Å². The lowest BCUT2D eigenvalue weighted by Gasteiger charge is -2.32. The van der Waals surface area contributed by atoms with Crippen molar-refractivity contribution in [3.05, 3.63) is 27.7 Å². The van der Waals surface area contributed by atoms with Crippen LogP contribution in [0.4, 0.5) is 5.69 Å². The van der Waals surface area contributed by atoms with Crippen LogP contribution >= 0.6 is 15.9 Å². The number of ether oxygens (including phenoxy) is 1. The molecule has 1 amide bonds. The van der Waals surface area contributed by atoms with E-state index in [0.29, 0.717) is 11.9 Å². The van der Waals surface area contributed by atoms with Crippen molar-refractivity contribution < 1.29 is 9.53 Å². The fourth-order valence-electron chi connectivity index (χ4n) is 3.73. The zero-order chi connectivity index (χ0) is 13.9. The molecule has 4 heteroatoms. The molecule has 1 aromatic carbocycles. The van der Waals surface area contributed by atoms with Gasteiger partial charge < -0.3 is 9.64 Å². The van der Waals surface area contributed by atoms with E-state index in [1.54, 1.807) is 0 Å². The molecule has 2 fully saturated rings. The van der Waals surface area contributed by atoms with Crippen molar-refractivity contribution in [2.45, 2.75) is 44.1 Å². The maximum Gasteiger partial charge on any atom is 0.238 e. The number of carbonyl (C=O) groups is 1. The van der Waals surface area contributed by atoms with Gasteiger partial charge >= 0.3 is 0 Å². The summed E-state index contributed by atoms with van der Waals surface area (Å²) in [5.74, 6) is 0.325. The van der Waals surface area contributed by atoms with Crippen molar-refractivity contribution in [2.24, 2.45) is 0 Å². The van der Waals surface area contributed by atoms with Gasteiger partial charge in [-0.2, -0.15) is 0 Å². The predicted octanol–water partition coefficient (Wildman–Crippen LogP) is 3.31. The van der Waals surface area contributed by atoms with Crippen LogP contribution in [0.2, 0.25) is 0 Å². The van der Waals surface area contributed by atoms with E-state index in [0.717, 1.165) is 49.1 Å². The van der Waals surface area contributed by atoms with Crippen molar-refractivity contribution in [1.29, 1.82) is 0 Å². The topological polar surface area (TPSA) is 29.5 Å². The van der Waals surface area contributed by atoms with Gasteiger partial charge in [0.15, 0.2) is 0 Å². The first kappa shape index (κ1) is 12.8. The molecule has 1 aliphatic carbocycles. The number of nitrogens with zero attached hydrogens (tertiary/aromatic N) is 1. The second-order valence-corrected chi connectivity index (χ2v) is 7.10. The number of aryl methyl sites for hydroxylation is 1. The maximum atomic E-state index is 13.0. The second kappa shape index (κ2) is 4.31. The summed E-state index contributed by atoms with van der Waals surface area (Å²) in [7, 11) is 0. The first-order valence-electron chi connectivity index (χ1n) is 7.35. The van der Waals surface area contributed by atoms with Gasteiger partial charge in [0.05, 0.1) is 5.41 Å². The van der Waals surface area contributed by atoms with Gasteiger partial charge in [0, 0.05) is 35.0 Å². The van der Waals surface area contributed by atoms with Crippen LogP contribution in [0.1, 0.15) is 36.8 Å². The minimum absolute atomic E-state index is 0.208. The highest BCUT2D eigenvalue weighted by molar-refractivity contribution is 9.10. The lowest BCUT2D eigenvalue weighted by molar-refractivity contribution is -0.121. The normalized spacial score (nSPS) is 24.3. The maximum absolute atomic E-state index is 13.0. The highest BCUT2D eigenvalue weighted by Crippen LogP contribution is 2.60. The van der Waals surface area contributed by atoms with Crippen molar-refractivity contribution in [1.82, 2.24) is 0 Å². The lowest BCUT2D eigenvalue weighted by Crippen LogP contribution is -2.43. The molecule has 106 valence electrons. The summed E-state index contributed by atoms with van der Waals surface area (Å²) in [4.78, 5) is 15.1. The number of hydrogen-bond acceptors (Lipinski definition) is 2. The number of rotatable bonds is 1. The van der Waals surface area contributed by atoms with Gasteiger partial charge in [-0.15, -0.1) is 0 Å². The number of benzene rings is 1. The smallest absolute Gasteiger partial charge is 0.238 e. The largest absolute Gasteiger partial charge is 0.381 e. The minimum Gasteiger partial charge on any atom is -0.381 e. The summed E-state index contributed by atoms with van der Waals surface area (Å²) >= 11 is 3.69. The molecule has 0 N–H and O–H groups in total. The Kier molecular flexibility index (Phi) is 2.77. The van der Waals surface area contributed by atoms with E-state index in [2.05, 4.69) is 39.9 Å². The van der Waals surface area contributed by atoms with Gasteiger partial charge in [0.25, 0.3) is 0 Å². The Labute approximate surface area is 127 Å². The van der Waals surface area contributed by atoms with Gasteiger partial charge in [0.2, 0.25) is 5.91 Å². The number of hydrogen-bond donors (Lipinski definition) is 0. The summed E-state index contributed by atoms with van der Waals surface area (Å²) in [5.41, 5.74) is 3.38. The molecular weight excluding hydrogens is 318 g/mol. The number of anilines is 1. The van der Waals surface area contributed by atoms with Crippen molar-refractivity contribution in [3.63, 3.8) is 0 Å². The molecule has 1 spiro atoms. The Balaban J connectivity index is 1.84. The lowest BCUT2D eigenvalue weighted by atomic mass is 9.97. The summed E-state index contributed by atoms with van der Waals surface area (Å²) in [6, 6.07) is 4.63. The molecular formula is C16H18BrNO2. The van der Waals surface area contributed by atoms with Gasteiger partial charge in [-0.1, -0.05) is 15.9 Å². The van der Waals surface area contributed by atoms with Crippen LogP contribution in [0, 0.1) is 6.92 Å². The zero-order valence-electron chi connectivity index (χ0n) is 11.6. The Bertz CT molecular complexity index is 588. The van der Waals surface area contributed by atoms with E-state index in [4.69, 9.17) is 4.74 Å². The second-order valence-electron chi connectivity index (χ2n) is 6.24. The van der Waals surface area contributed by atoms with Crippen molar-refractivity contribution in [3.8, 4) is 0 Å². The van der Waals surface area contributed by atoms with Gasteiger partial charge in [-0.25, -0.2) is 0 Å². The molecule has 3 nitrogen and oxygen atoms in total. The number of amides is 1. The van der Waals surface area contributed by atoms with Crippen LogP contribution in [-0.2, 0) is 14.9 Å². The highest BCUT2D eigenvalue weighted by atomic mass is 79.9. The number of carbonyl (C=O) groups excluding carboxylic acids is 1. The van der Waals surface area contributed by atoms with Crippen molar-refractivity contribution in [2.75, 3.05) is 18.1 Å². The Hall–Kier alpha value is -0.870. The number of halogens is 1. The fourth-order valence-corrected chi connectivity index (χ4v) is 4.67. The minimum atomic E-state index is -0.208. The van der Waals surface area contributed by atoms with Gasteiger partial charge in [0.1, 0.15) is 0 Å². The molecule has 0 atom stereocenters. The van der Waals surface area contributed by atoms with E-state index in [-0.39, 0.29) is 5.41 Å². The molecule has 0 aromatic heterocycles. The average molecular weight is 336 g/mol. The zero-order valence-corrected chi connectivity index (χ0v) is 13.2. The SMILES string of the molecule is Cc1cc(Br)c2c(c1)N(C1CCOCC1)C(=O)C21CC1. The molecule has 0 bridgehead atoms. The van der Waals surface area contributed by atoms with Crippen LogP contribution in [0.5, 0.6) is 0 Å². The fraction of sp³-hybridized carbons (Fsp3) is 0.562.